The molecule has 143 heavy (non-hydrogen) atoms. The van der Waals surface area contributed by atoms with Crippen molar-refractivity contribution in [1.82, 2.24) is 75.8 Å². The molecule has 6 N–H and O–H groups in total. The number of hydrogen-bond donors (Lipinski definition) is 5. The van der Waals surface area contributed by atoms with Crippen LogP contribution in [0.15, 0.2) is 41.3 Å². The summed E-state index contributed by atoms with van der Waals surface area (Å²) < 4.78 is 54.6. The molecule has 780 valence electrons. The van der Waals surface area contributed by atoms with Crippen molar-refractivity contribution in [3.05, 3.63) is 96.5 Å². The molecule has 0 radical (unpaired) electrons. The monoisotopic (exact) mass is 2170 g/mol. The Morgan fingerprint density at radius 1 is 0.510 bits per heavy atom. The van der Waals surface area contributed by atoms with E-state index in [-0.39, 0.29) is 207 Å². The molecule has 54 heteroatoms. The van der Waals surface area contributed by atoms with Crippen molar-refractivity contribution >= 4 is 170 Å². The van der Waals surface area contributed by atoms with Gasteiger partial charge in [-0.05, 0) is 222 Å². The van der Waals surface area contributed by atoms with Gasteiger partial charge in [0.2, 0.25) is 63.1 Å². The van der Waals surface area contributed by atoms with Gasteiger partial charge < -0.3 is 99.9 Å². The second-order valence-electron chi connectivity index (χ2n) is 33.3. The molecule has 6 aromatic heterocycles. The third kappa shape index (κ3) is 54.7. The van der Waals surface area contributed by atoms with Crippen LogP contribution in [0, 0.1) is 23.7 Å². The van der Waals surface area contributed by atoms with E-state index in [1.54, 1.807) is 12.1 Å². The molecule has 6 aliphatic rings. The first-order chi connectivity index (χ1) is 66.7. The number of methoxy groups -OCH3 is 8. The van der Waals surface area contributed by atoms with Gasteiger partial charge in [-0.15, -0.1) is 0 Å². The molecule has 0 aliphatic carbocycles. The quantitative estimate of drug-likeness (QED) is 0.00489. The maximum absolute atomic E-state index is 11.9. The fourth-order valence-electron chi connectivity index (χ4n) is 12.6. The van der Waals surface area contributed by atoms with E-state index >= 15 is 0 Å². The number of aliphatic hydroxyl groups excluding tert-OH is 1. The molecule has 0 unspecified atom stereocenters. The van der Waals surface area contributed by atoms with Crippen LogP contribution in [-0.4, -0.2) is 293 Å². The van der Waals surface area contributed by atoms with Gasteiger partial charge in [-0.25, -0.2) is 54.1 Å². The molecule has 12 heterocycles. The Hall–Kier alpha value is -8.50. The van der Waals surface area contributed by atoms with Crippen molar-refractivity contribution in [1.29, 1.82) is 0 Å². The van der Waals surface area contributed by atoms with Crippen LogP contribution < -0.4 is 168 Å². The first-order valence-corrected chi connectivity index (χ1v) is 47.1. The third-order valence-electron chi connectivity index (χ3n) is 19.3. The molecular weight excluding hydrogens is 2050 g/mol. The standard InChI is InChI=1S/C19H29N3O5.C18H27N3O4.C15H19N5O3S.C11H22N2O2.C7H7ClN2O3.C7H7ClN2O2.C6H4Cl2N2O2.C4H4O2S.CH2O3.CH4O.2K.H/c1-19(2,3)27-16(23)7-6-13-8-10-22(11-9-13)18-20-14(17(24)26-5)12-15(21-18)25-4;1-18(2,3)25-16(23)6-5-13-7-9-21(10-8-13)17-19-14(12-22)11-15(20-17)24-4;1-23-12-7-10(6-11-13(21)19-15(22)24-11)17-14(18-12)20-4-2-9(8-16)3-5-20;1-11(2,3)15-10(14)13-8-9-4-6-12-7-5-9;1-12-5-3-4(6(11)13-2)9-7(8)10-5;1-4(11)5-3-6(12-2)10-7(8)9-5;1-12-5(11)3-2-4(7)10-6(8)9-3;5-3-1-4(6)7-2-3;2-1-4-3;1-2;;;/h12-13H,6-11H2,1-5H3;11-13H,5-10H2,1-4H3;6-7,9H,2-5,8,16H2,1H3,(H,19,21,22);9,12H,4-8H2,1-3H3,(H,13,14);3H,1-2H3;3H,1-2H3;2H,1H3;1-2H2;1,3H;2H,1H3;;;/q;;;;;;;;;;2*+1;-1/p-1/b;;11-6-;;;;;;;;;;. The largest absolute Gasteiger partial charge is 1.00 e. The molecule has 6 saturated heterocycles. The topological polar surface area (TPSA) is 602 Å². The van der Waals surface area contributed by atoms with Gasteiger partial charge in [-0.2, -0.15) is 24.9 Å². The summed E-state index contributed by atoms with van der Waals surface area (Å²) in [5.74, 6) is 3.17. The molecular formula is C89H125Cl4K2N19O27S2. The summed E-state index contributed by atoms with van der Waals surface area (Å²) in [6.45, 7) is 26.4. The number of ketones is 2. The molecule has 3 amide bonds. The van der Waals surface area contributed by atoms with E-state index < -0.39 is 40.6 Å². The summed E-state index contributed by atoms with van der Waals surface area (Å²) in [5, 5.41) is 23.4. The van der Waals surface area contributed by atoms with Gasteiger partial charge in [0.05, 0.1) is 79.7 Å². The van der Waals surface area contributed by atoms with E-state index in [9.17, 15) is 57.5 Å². The van der Waals surface area contributed by atoms with E-state index in [1.807, 2.05) is 67.2 Å². The number of carbonyl (C=O) groups excluding carboxylic acids is 13. The van der Waals surface area contributed by atoms with Crippen molar-refractivity contribution in [2.24, 2.45) is 29.4 Å². The van der Waals surface area contributed by atoms with Gasteiger partial charge in [0.1, 0.15) is 33.3 Å². The summed E-state index contributed by atoms with van der Waals surface area (Å²) in [4.78, 5) is 200. The van der Waals surface area contributed by atoms with Crippen molar-refractivity contribution in [3.63, 3.8) is 0 Å². The number of carbonyl (C=O) groups is 13. The van der Waals surface area contributed by atoms with Crippen LogP contribution in [0.4, 0.5) is 27.4 Å². The fourth-order valence-corrected chi connectivity index (χ4v) is 14.7. The fraction of sp³-hybridized carbons (Fsp3) is 0.562. The molecule has 6 aromatic rings. The Labute approximate surface area is 944 Å². The van der Waals surface area contributed by atoms with Crippen LogP contribution in [0.5, 0.6) is 29.4 Å². The molecule has 12 rings (SSSR count). The van der Waals surface area contributed by atoms with Crippen LogP contribution >= 0.6 is 69.9 Å². The number of nitrogens with two attached hydrogens (primary N) is 1. The van der Waals surface area contributed by atoms with Crippen LogP contribution in [-0.2, 0) is 62.1 Å². The number of piperidine rings is 4. The number of alkyl carbamates (subject to hydrolysis) is 1. The minimum atomic E-state index is -0.596. The Kier molecular flexibility index (Phi) is 65.2. The van der Waals surface area contributed by atoms with Crippen molar-refractivity contribution in [3.8, 4) is 29.4 Å². The summed E-state index contributed by atoms with van der Waals surface area (Å²) in [7, 11) is 12.2. The number of imide groups is 1. The van der Waals surface area contributed by atoms with Crippen molar-refractivity contribution in [2.45, 2.75) is 170 Å². The number of aromatic nitrogens is 12. The predicted octanol–water partition coefficient (Wildman–Crippen LogP) is 3.96. The number of amides is 3. The van der Waals surface area contributed by atoms with Crippen LogP contribution in [0.3, 0.4) is 0 Å². The maximum Gasteiger partial charge on any atom is 1.00 e. The zero-order valence-corrected chi connectivity index (χ0v) is 95.1. The average molecular weight is 2180 g/mol. The van der Waals surface area contributed by atoms with Crippen LogP contribution in [0.2, 0.25) is 21.0 Å². The molecule has 46 nitrogen and oxygen atoms in total. The summed E-state index contributed by atoms with van der Waals surface area (Å²) in [6.07, 6.45) is 12.7. The molecule has 0 spiro atoms. The smallest absolute Gasteiger partial charge is 1.00 e. The molecule has 6 fully saturated rings. The van der Waals surface area contributed by atoms with E-state index in [0.717, 1.165) is 154 Å². The van der Waals surface area contributed by atoms with Crippen molar-refractivity contribution in [2.75, 3.05) is 150 Å². The normalized spacial score (nSPS) is 14.8. The number of hydrogen-bond acceptors (Lipinski definition) is 46. The molecule has 0 bridgehead atoms. The van der Waals surface area contributed by atoms with Gasteiger partial charge in [-0.1, -0.05) is 23.4 Å². The SMILES string of the molecule is CC(C)(C)OC(=O)NCC1CCNCC1.CO.COC(=O)c1cc(Cl)nc(Cl)n1.COC(=O)c1cc(OC)nc(Cl)n1.COC(=O)c1cc(OC)nc(N2CCC(CCC(=O)OC(C)(C)C)CC2)n1.COc1cc(/C=C2\SC(=O)NC2=O)nc(N2CCC(CN)CC2)n1.COc1cc(C(C)=O)nc(Cl)n1.COc1cc(C=O)nc(N2CCC(CCC(=O)OC(C)(C)C)CC2)n1.O=C1CSC(=O)C1.O=CO[O-].[H-].[K+].[K+]. The minimum absolute atomic E-state index is 0. The van der Waals surface area contributed by atoms with E-state index in [1.165, 1.54) is 94.1 Å². The van der Waals surface area contributed by atoms with Crippen molar-refractivity contribution < 1.29 is 234 Å². The number of aldehydes is 1. The second-order valence-corrected chi connectivity index (χ2v) is 36.7. The van der Waals surface area contributed by atoms with Gasteiger partial charge in [0, 0.05) is 109 Å². The zero-order valence-electron chi connectivity index (χ0n) is 85.2. The van der Waals surface area contributed by atoms with E-state index in [0.29, 0.717) is 113 Å². The summed E-state index contributed by atoms with van der Waals surface area (Å²) >= 11 is 24.0. The van der Waals surface area contributed by atoms with Gasteiger partial charge in [0.25, 0.3) is 17.6 Å². The number of thioether (sulfide) groups is 2. The number of halogens is 4. The number of aliphatic hydroxyl groups is 1. The number of ether oxygens (including phenoxy) is 11. The number of anilines is 3. The van der Waals surface area contributed by atoms with Crippen LogP contribution in [0.1, 0.15) is 212 Å². The molecule has 6 aliphatic heterocycles. The van der Waals surface area contributed by atoms with E-state index in [4.69, 9.17) is 110 Å². The number of nitrogens with one attached hydrogen (secondary N) is 3. The third-order valence-corrected chi connectivity index (χ3v) is 21.8. The summed E-state index contributed by atoms with van der Waals surface area (Å²) in [6, 6.07) is 8.68. The number of esters is 5. The van der Waals surface area contributed by atoms with Gasteiger partial charge in [-0.3, -0.25) is 48.5 Å². The summed E-state index contributed by atoms with van der Waals surface area (Å²) in [5.41, 5.74) is 5.84. The first kappa shape index (κ1) is 133. The number of Topliss-reactive ketones (excluding diaryl/α,β-unsaturated/α-hetero) is 2. The van der Waals surface area contributed by atoms with Crippen LogP contribution in [0.25, 0.3) is 6.08 Å². The average Bonchev–Trinajstić information content (AvgIpc) is 1.56. The second kappa shape index (κ2) is 70.4. The zero-order chi connectivity index (χ0) is 106. The number of rotatable bonds is 24. The van der Waals surface area contributed by atoms with Gasteiger partial charge in [0.15, 0.2) is 40.0 Å². The van der Waals surface area contributed by atoms with E-state index in [2.05, 4.69) is 99.9 Å². The number of nitrogens with zero attached hydrogens (tertiary/aromatic N) is 15. The molecule has 0 saturated carbocycles. The molecule has 0 aromatic carbocycles. The first-order valence-electron chi connectivity index (χ1n) is 43.7. The maximum atomic E-state index is 11.9. The Balaban J connectivity index is 0.00000165. The predicted molar refractivity (Wildman–Crippen MR) is 521 cm³/mol. The molecule has 0 atom stereocenters. The van der Waals surface area contributed by atoms with Gasteiger partial charge >= 0.3 is 139 Å². The Bertz CT molecular complexity index is 5080. The Morgan fingerprint density at radius 2 is 0.881 bits per heavy atom. The minimum Gasteiger partial charge on any atom is -1.00 e. The Morgan fingerprint density at radius 3 is 1.23 bits per heavy atom.